The van der Waals surface area contributed by atoms with Crippen molar-refractivity contribution in [1.82, 2.24) is 49.6 Å². The molecule has 1 spiro atoms. The Morgan fingerprint density at radius 3 is 2.43 bits per heavy atom. The number of aliphatic hydroxyl groups excluding tert-OH is 1. The number of likely N-dealkylation sites (tertiary alicyclic amines) is 2. The quantitative estimate of drug-likeness (QED) is 0.135. The van der Waals surface area contributed by atoms with Crippen molar-refractivity contribution >= 4 is 50.0 Å². The number of amides is 2. The van der Waals surface area contributed by atoms with Gasteiger partial charge in [0, 0.05) is 42.3 Å². The maximum Gasteiger partial charge on any atom is 0.281 e. The molecule has 0 bridgehead atoms. The molecule has 4 aromatic heterocycles. The minimum absolute atomic E-state index is 0.0863. The molecule has 378 valence electrons. The van der Waals surface area contributed by atoms with Crippen LogP contribution in [-0.4, -0.2) is 99.6 Å². The van der Waals surface area contributed by atoms with Crippen LogP contribution in [0.15, 0.2) is 75.7 Å². The number of rotatable bonds is 10. The summed E-state index contributed by atoms with van der Waals surface area (Å²) in [5.74, 6) is 1.67. The smallest absolute Gasteiger partial charge is 0.281 e. The van der Waals surface area contributed by atoms with Gasteiger partial charge in [0.25, 0.3) is 5.56 Å². The van der Waals surface area contributed by atoms with E-state index in [-0.39, 0.29) is 47.7 Å². The fraction of sp³-hybridized carbons (Fsp3) is 0.536. The van der Waals surface area contributed by atoms with E-state index < -0.39 is 23.6 Å². The number of hydrogen-bond acceptors (Lipinski definition) is 11. The van der Waals surface area contributed by atoms with Gasteiger partial charge in [0.15, 0.2) is 0 Å². The number of carbonyl (C=O) groups excluding carboxylic acids is 2. The number of carbonyl (C=O) groups is 2. The molecular formula is C56H67BrN10O4S. The third-order valence-electron chi connectivity index (χ3n) is 16.9. The van der Waals surface area contributed by atoms with Crippen molar-refractivity contribution in [3.05, 3.63) is 115 Å². The molecule has 16 heteroatoms. The average Bonchev–Trinajstić information content (AvgIpc) is 4.18. The molecule has 2 aromatic carbocycles. The number of aliphatic hydroxyl groups is 1. The van der Waals surface area contributed by atoms with Gasteiger partial charge in [-0.2, -0.15) is 4.98 Å². The van der Waals surface area contributed by atoms with Crippen LogP contribution >= 0.6 is 27.3 Å². The molecule has 2 aliphatic carbocycles. The minimum atomic E-state index is -0.804. The van der Waals surface area contributed by atoms with Crippen LogP contribution in [0, 0.1) is 18.3 Å². The van der Waals surface area contributed by atoms with Crippen molar-refractivity contribution in [3.63, 3.8) is 0 Å². The lowest BCUT2D eigenvalue weighted by Gasteiger charge is -2.36. The zero-order valence-electron chi connectivity index (χ0n) is 42.2. The van der Waals surface area contributed by atoms with Crippen molar-refractivity contribution in [2.75, 3.05) is 26.2 Å². The first-order chi connectivity index (χ1) is 34.7. The van der Waals surface area contributed by atoms with Gasteiger partial charge in [-0.25, -0.2) is 9.67 Å². The second-order valence-corrected chi connectivity index (χ2v) is 24.4. The molecule has 11 rings (SSSR count). The summed E-state index contributed by atoms with van der Waals surface area (Å²) in [4.78, 5) is 61.9. The summed E-state index contributed by atoms with van der Waals surface area (Å²) in [6.45, 7) is 13.3. The Hall–Kier alpha value is -5.16. The van der Waals surface area contributed by atoms with Gasteiger partial charge in [-0.05, 0) is 146 Å². The maximum atomic E-state index is 14.6. The summed E-state index contributed by atoms with van der Waals surface area (Å²) in [5.41, 5.74) is 9.15. The van der Waals surface area contributed by atoms with Crippen molar-refractivity contribution < 1.29 is 14.7 Å². The molecule has 2 N–H and O–H groups in total. The lowest BCUT2D eigenvalue weighted by atomic mass is 9.71. The molecular weight excluding hydrogens is 989 g/mol. The molecule has 4 fully saturated rings. The number of aromatic nitrogens is 7. The molecule has 6 aromatic rings. The summed E-state index contributed by atoms with van der Waals surface area (Å²) in [7, 11) is 0. The normalized spacial score (nSPS) is 23.3. The summed E-state index contributed by atoms with van der Waals surface area (Å²) in [6.07, 6.45) is 15.3. The van der Waals surface area contributed by atoms with Crippen molar-refractivity contribution in [1.29, 1.82) is 0 Å². The highest BCUT2D eigenvalue weighted by molar-refractivity contribution is 9.10. The van der Waals surface area contributed by atoms with E-state index in [1.54, 1.807) is 20.9 Å². The van der Waals surface area contributed by atoms with E-state index in [2.05, 4.69) is 64.3 Å². The van der Waals surface area contributed by atoms with E-state index in [0.29, 0.717) is 17.2 Å². The molecule has 72 heavy (non-hydrogen) atoms. The molecule has 0 radical (unpaired) electrons. The van der Waals surface area contributed by atoms with Gasteiger partial charge in [-0.15, -0.1) is 16.4 Å². The van der Waals surface area contributed by atoms with Crippen molar-refractivity contribution in [2.45, 2.75) is 153 Å². The van der Waals surface area contributed by atoms with Crippen LogP contribution in [0.4, 0.5) is 0 Å². The van der Waals surface area contributed by atoms with Crippen LogP contribution in [-0.2, 0) is 15.0 Å². The van der Waals surface area contributed by atoms with Gasteiger partial charge >= 0.3 is 0 Å². The van der Waals surface area contributed by atoms with E-state index in [9.17, 15) is 19.5 Å². The number of β-amino-alcohol motifs (C(OH)–C–C–N with tert-alkyl or cyclic N) is 1. The Morgan fingerprint density at radius 1 is 0.972 bits per heavy atom. The third kappa shape index (κ3) is 9.05. The first kappa shape index (κ1) is 49.1. The van der Waals surface area contributed by atoms with Crippen LogP contribution < -0.4 is 10.9 Å². The molecule has 5 aliphatic rings. The van der Waals surface area contributed by atoms with E-state index in [0.717, 1.165) is 138 Å². The first-order valence-corrected chi connectivity index (χ1v) is 28.0. The second-order valence-electron chi connectivity index (χ2n) is 22.7. The van der Waals surface area contributed by atoms with Crippen LogP contribution in [0.3, 0.4) is 0 Å². The van der Waals surface area contributed by atoms with Gasteiger partial charge in [0.1, 0.15) is 17.9 Å². The van der Waals surface area contributed by atoms with E-state index in [1.807, 2.05) is 82.7 Å². The monoisotopic (exact) mass is 1050 g/mol. The number of nitrogens with one attached hydrogen (secondary N) is 1. The number of thiazole rings is 1. The first-order valence-electron chi connectivity index (χ1n) is 26.3. The van der Waals surface area contributed by atoms with E-state index in [1.165, 1.54) is 12.0 Å². The van der Waals surface area contributed by atoms with Gasteiger partial charge in [0.2, 0.25) is 11.8 Å². The number of piperidine rings is 1. The standard InChI is InChI=1S/C56H67BrN10O4S/c1-33(36-16-18-39(19-17-36)48-34(2)59-32-72-48)60-51(69)46-27-41(68)30-65(46)53(71)50(55(3,4)5)66-31-43(62-63-66)38-14-12-35(13-15-38)29-64-24-20-37(21-25-64)40-26-45-49(58-28-40)56(22-7-6-8-23-56)54-61-52(70)47-42(57)10-9-11-44(47)67(45)54/h9-11,16-19,26,28,31-33,35,37-38,41,46,50,68H,6-8,12-15,20-25,27,29-30H2,1-5H3,(H,60,69)/t33-,35?,38?,41+,46-,50+/m0/s1. The summed E-state index contributed by atoms with van der Waals surface area (Å²) >= 11 is 5.26. The van der Waals surface area contributed by atoms with Crippen molar-refractivity contribution in [3.8, 4) is 16.1 Å². The highest BCUT2D eigenvalue weighted by atomic mass is 79.9. The lowest BCUT2D eigenvalue weighted by Crippen LogP contribution is -2.50. The number of pyridine rings is 1. The molecule has 2 saturated carbocycles. The maximum absolute atomic E-state index is 14.6. The number of fused-ring (bicyclic) bond motifs is 7. The summed E-state index contributed by atoms with van der Waals surface area (Å²) in [6, 6.07) is 14.7. The molecule has 14 nitrogen and oxygen atoms in total. The van der Waals surface area contributed by atoms with Gasteiger partial charge in [-0.3, -0.25) is 23.9 Å². The Labute approximate surface area is 434 Å². The topological polar surface area (TPSA) is 164 Å². The largest absolute Gasteiger partial charge is 0.391 e. The molecule has 0 unspecified atom stereocenters. The molecule has 2 amide bonds. The molecule has 2 saturated heterocycles. The zero-order valence-corrected chi connectivity index (χ0v) is 44.6. The van der Waals surface area contributed by atoms with Gasteiger partial charge < -0.3 is 20.2 Å². The Bertz CT molecular complexity index is 3050. The number of benzene rings is 2. The fourth-order valence-electron chi connectivity index (χ4n) is 13.0. The predicted molar refractivity (Wildman–Crippen MR) is 283 cm³/mol. The lowest BCUT2D eigenvalue weighted by molar-refractivity contribution is -0.144. The van der Waals surface area contributed by atoms with Crippen molar-refractivity contribution in [2.24, 2.45) is 11.3 Å². The summed E-state index contributed by atoms with van der Waals surface area (Å²) in [5, 5.41) is 23.9. The third-order valence-corrected chi connectivity index (χ3v) is 18.6. The zero-order chi connectivity index (χ0) is 50.1. The Kier molecular flexibility index (Phi) is 13.4. The number of hydrogen-bond donors (Lipinski definition) is 2. The average molecular weight is 1060 g/mol. The molecule has 4 atom stereocenters. The highest BCUT2D eigenvalue weighted by Crippen LogP contribution is 2.51. The second kappa shape index (κ2) is 19.6. The van der Waals surface area contributed by atoms with Gasteiger partial charge in [-0.1, -0.05) is 75.6 Å². The summed E-state index contributed by atoms with van der Waals surface area (Å²) < 4.78 is 4.76. The Morgan fingerprint density at radius 2 is 1.72 bits per heavy atom. The highest BCUT2D eigenvalue weighted by Gasteiger charge is 2.49. The molecule has 7 heterocycles. The van der Waals surface area contributed by atoms with Crippen LogP contribution in [0.2, 0.25) is 0 Å². The molecule has 3 aliphatic heterocycles. The fourth-order valence-corrected chi connectivity index (χ4v) is 14.4. The van der Waals surface area contributed by atoms with E-state index in [4.69, 9.17) is 9.97 Å². The van der Waals surface area contributed by atoms with Crippen LogP contribution in [0.25, 0.3) is 27.0 Å². The SMILES string of the molecule is Cc1ncsc1-c1ccc([C@H](C)NC(=O)[C@@H]2C[C@@H](O)CN2C(=O)[C@@H](n2cc(C3CCC(CN4CCC(c5cnc6c(c5)-n5c(nc(=O)c7c(Br)cccc75)C65CCCCC5)CC4)CC3)nn2)C(C)(C)C)cc1. The minimum Gasteiger partial charge on any atom is -0.391 e. The van der Waals surface area contributed by atoms with Crippen LogP contribution in [0.1, 0.15) is 163 Å². The van der Waals surface area contributed by atoms with Crippen LogP contribution in [0.5, 0.6) is 0 Å². The Balaban J connectivity index is 0.704. The van der Waals surface area contributed by atoms with E-state index >= 15 is 0 Å². The number of aryl methyl sites for hydroxylation is 1. The number of halogens is 1. The predicted octanol–water partition coefficient (Wildman–Crippen LogP) is 9.71. The number of nitrogens with zero attached hydrogens (tertiary/aromatic N) is 9. The van der Waals surface area contributed by atoms with Gasteiger partial charge in [0.05, 0.1) is 61.6 Å².